The Hall–Kier alpha value is -3.72. The van der Waals surface area contributed by atoms with Crippen molar-refractivity contribution in [2.24, 2.45) is 5.41 Å². The fourth-order valence-electron chi connectivity index (χ4n) is 3.72. The van der Waals surface area contributed by atoms with Gasteiger partial charge in [-0.15, -0.1) is 0 Å². The first-order valence-electron chi connectivity index (χ1n) is 10.5. The Morgan fingerprint density at radius 3 is 2.52 bits per heavy atom. The van der Waals surface area contributed by atoms with Gasteiger partial charge in [0.2, 0.25) is 0 Å². The monoisotopic (exact) mass is 462 g/mol. The van der Waals surface area contributed by atoms with Crippen molar-refractivity contribution in [3.8, 4) is 22.9 Å². The molecule has 2 aromatic heterocycles. The maximum absolute atomic E-state index is 11.4. The van der Waals surface area contributed by atoms with Gasteiger partial charge in [-0.05, 0) is 48.7 Å². The first kappa shape index (κ1) is 21.1. The van der Waals surface area contributed by atoms with Crippen molar-refractivity contribution in [2.45, 2.75) is 19.3 Å². The van der Waals surface area contributed by atoms with Crippen molar-refractivity contribution in [1.82, 2.24) is 15.0 Å². The number of carboxylic acid groups (broad SMARTS) is 1. The molecule has 9 heteroatoms. The van der Waals surface area contributed by atoms with Crippen molar-refractivity contribution >= 4 is 38.3 Å². The Bertz CT molecular complexity index is 1280. The number of hydrogen-bond acceptors (Lipinski definition) is 8. The molecule has 1 fully saturated rings. The molecule has 0 spiro atoms. The van der Waals surface area contributed by atoms with Crippen LogP contribution in [-0.2, 0) is 4.79 Å². The van der Waals surface area contributed by atoms with Gasteiger partial charge in [0.15, 0.2) is 5.13 Å². The number of rotatable bonds is 8. The van der Waals surface area contributed by atoms with Gasteiger partial charge >= 0.3 is 12.0 Å². The molecule has 1 saturated carbocycles. The summed E-state index contributed by atoms with van der Waals surface area (Å²) in [6, 6.07) is 13.9. The number of hydrogen-bond donors (Lipinski definition) is 2. The molecule has 0 saturated heterocycles. The van der Waals surface area contributed by atoms with Crippen LogP contribution in [0.1, 0.15) is 19.3 Å². The fraction of sp³-hybridized carbons (Fsp3) is 0.250. The van der Waals surface area contributed by atoms with E-state index in [0.29, 0.717) is 12.8 Å². The van der Waals surface area contributed by atoms with Crippen LogP contribution < -0.4 is 14.8 Å². The third-order valence-electron chi connectivity index (χ3n) is 5.94. The molecular formula is C24H22N4O4S. The second-order valence-corrected chi connectivity index (χ2v) is 9.07. The molecule has 8 nitrogen and oxygen atoms in total. The van der Waals surface area contributed by atoms with Crippen molar-refractivity contribution in [3.63, 3.8) is 0 Å². The standard InChI is InChI=1S/C24H22N4O4S/c1-31-18-7-8-19-20(11-18)33-23(28-19)27-17-5-3-15(4-6-17)16-12-25-22(26-13-16)32-14-24(21(29)30)9-2-10-24/h3-8,11-13H,2,9-10,14H2,1H3,(H,27,28)(H,29,30). The second-order valence-electron chi connectivity index (χ2n) is 8.04. The molecule has 2 N–H and O–H groups in total. The molecule has 2 heterocycles. The molecule has 2 aromatic carbocycles. The lowest BCUT2D eigenvalue weighted by Gasteiger charge is -2.36. The summed E-state index contributed by atoms with van der Waals surface area (Å²) in [5, 5.41) is 13.5. The zero-order chi connectivity index (χ0) is 22.8. The highest BCUT2D eigenvalue weighted by molar-refractivity contribution is 7.22. The lowest BCUT2D eigenvalue weighted by atomic mass is 9.69. The average molecular weight is 463 g/mol. The lowest BCUT2D eigenvalue weighted by molar-refractivity contribution is -0.157. The van der Waals surface area contributed by atoms with Crippen molar-refractivity contribution in [2.75, 3.05) is 19.0 Å². The fourth-order valence-corrected chi connectivity index (χ4v) is 4.64. The summed E-state index contributed by atoms with van der Waals surface area (Å²) in [6.45, 7) is 0.0978. The van der Waals surface area contributed by atoms with E-state index in [0.717, 1.165) is 44.3 Å². The first-order chi connectivity index (χ1) is 16.0. The number of benzene rings is 2. The highest BCUT2D eigenvalue weighted by Gasteiger charge is 2.45. The Balaban J connectivity index is 1.23. The van der Waals surface area contributed by atoms with Crippen LogP contribution in [0.4, 0.5) is 10.8 Å². The van der Waals surface area contributed by atoms with Crippen LogP contribution in [0.5, 0.6) is 11.8 Å². The molecular weight excluding hydrogens is 440 g/mol. The van der Waals surface area contributed by atoms with Gasteiger partial charge in [-0.3, -0.25) is 4.79 Å². The van der Waals surface area contributed by atoms with Crippen LogP contribution in [0.25, 0.3) is 21.3 Å². The number of fused-ring (bicyclic) bond motifs is 1. The summed E-state index contributed by atoms with van der Waals surface area (Å²) in [5.74, 6) is -0.00485. The molecule has 33 heavy (non-hydrogen) atoms. The van der Waals surface area contributed by atoms with E-state index in [9.17, 15) is 9.90 Å². The van der Waals surface area contributed by atoms with Gasteiger partial charge in [0, 0.05) is 23.6 Å². The number of aliphatic carboxylic acids is 1. The van der Waals surface area contributed by atoms with E-state index in [1.165, 1.54) is 0 Å². The van der Waals surface area contributed by atoms with Crippen LogP contribution in [0.2, 0.25) is 0 Å². The number of thiazole rings is 1. The van der Waals surface area contributed by atoms with Gasteiger partial charge < -0.3 is 19.9 Å². The van der Waals surface area contributed by atoms with Crippen molar-refractivity contribution in [3.05, 3.63) is 54.9 Å². The van der Waals surface area contributed by atoms with E-state index >= 15 is 0 Å². The van der Waals surface area contributed by atoms with Gasteiger partial charge in [-0.1, -0.05) is 29.9 Å². The molecule has 0 unspecified atom stereocenters. The number of aromatic nitrogens is 3. The minimum absolute atomic E-state index is 0.0978. The maximum Gasteiger partial charge on any atom is 0.316 e. The van der Waals surface area contributed by atoms with Crippen LogP contribution in [0.3, 0.4) is 0 Å². The Labute approximate surface area is 194 Å². The summed E-state index contributed by atoms with van der Waals surface area (Å²) < 4.78 is 11.9. The summed E-state index contributed by atoms with van der Waals surface area (Å²) in [5.41, 5.74) is 2.86. The number of nitrogens with one attached hydrogen (secondary N) is 1. The predicted molar refractivity (Wildman–Crippen MR) is 126 cm³/mol. The second kappa shape index (κ2) is 8.67. The number of nitrogens with zero attached hydrogens (tertiary/aromatic N) is 3. The number of carbonyl (C=O) groups is 1. The number of ether oxygens (including phenoxy) is 2. The number of methoxy groups -OCH3 is 1. The van der Waals surface area contributed by atoms with Crippen LogP contribution in [0, 0.1) is 5.41 Å². The van der Waals surface area contributed by atoms with E-state index in [1.54, 1.807) is 30.8 Å². The summed E-state index contributed by atoms with van der Waals surface area (Å²) in [4.78, 5) is 24.5. The number of carboxylic acids is 1. The quantitative estimate of drug-likeness (QED) is 0.371. The van der Waals surface area contributed by atoms with E-state index in [4.69, 9.17) is 9.47 Å². The molecule has 4 aromatic rings. The SMILES string of the molecule is COc1ccc2nc(Nc3ccc(-c4cnc(OCC5(C(=O)O)CCC5)nc4)cc3)sc2c1. The summed E-state index contributed by atoms with van der Waals surface area (Å²) in [6.07, 6.45) is 5.53. The van der Waals surface area contributed by atoms with Gasteiger partial charge in [-0.25, -0.2) is 15.0 Å². The lowest BCUT2D eigenvalue weighted by Crippen LogP contribution is -2.43. The minimum atomic E-state index is -0.815. The van der Waals surface area contributed by atoms with Gasteiger partial charge in [0.05, 0.1) is 17.3 Å². The molecule has 0 aliphatic heterocycles. The zero-order valence-electron chi connectivity index (χ0n) is 17.9. The number of anilines is 2. The smallest absolute Gasteiger partial charge is 0.316 e. The maximum atomic E-state index is 11.4. The van der Waals surface area contributed by atoms with Crippen molar-refractivity contribution in [1.29, 1.82) is 0 Å². The predicted octanol–water partition coefficient (Wildman–Crippen LogP) is 5.14. The van der Waals surface area contributed by atoms with Crippen LogP contribution >= 0.6 is 11.3 Å². The highest BCUT2D eigenvalue weighted by Crippen LogP contribution is 2.41. The third-order valence-corrected chi connectivity index (χ3v) is 6.87. The molecule has 1 aliphatic rings. The topological polar surface area (TPSA) is 106 Å². The molecule has 0 atom stereocenters. The molecule has 0 radical (unpaired) electrons. The van der Waals surface area contributed by atoms with E-state index in [1.807, 2.05) is 42.5 Å². The van der Waals surface area contributed by atoms with E-state index in [-0.39, 0.29) is 12.6 Å². The first-order valence-corrected chi connectivity index (χ1v) is 11.4. The Morgan fingerprint density at radius 1 is 1.12 bits per heavy atom. The summed E-state index contributed by atoms with van der Waals surface area (Å²) in [7, 11) is 1.65. The Kier molecular flexibility index (Phi) is 5.55. The average Bonchev–Trinajstić information content (AvgIpc) is 3.20. The largest absolute Gasteiger partial charge is 0.497 e. The van der Waals surface area contributed by atoms with Gasteiger partial charge in [0.1, 0.15) is 17.8 Å². The molecule has 0 amide bonds. The molecule has 168 valence electrons. The molecule has 0 bridgehead atoms. The van der Waals surface area contributed by atoms with Crippen molar-refractivity contribution < 1.29 is 19.4 Å². The van der Waals surface area contributed by atoms with Gasteiger partial charge in [0.25, 0.3) is 0 Å². The van der Waals surface area contributed by atoms with Gasteiger partial charge in [-0.2, -0.15) is 0 Å². The Morgan fingerprint density at radius 2 is 1.88 bits per heavy atom. The van der Waals surface area contributed by atoms with Crippen LogP contribution in [-0.4, -0.2) is 39.7 Å². The van der Waals surface area contributed by atoms with E-state index in [2.05, 4.69) is 20.3 Å². The highest BCUT2D eigenvalue weighted by atomic mass is 32.1. The zero-order valence-corrected chi connectivity index (χ0v) is 18.8. The minimum Gasteiger partial charge on any atom is -0.497 e. The molecule has 5 rings (SSSR count). The molecule has 1 aliphatic carbocycles. The third kappa shape index (κ3) is 4.31. The summed E-state index contributed by atoms with van der Waals surface area (Å²) >= 11 is 1.56. The normalized spacial score (nSPS) is 14.5. The van der Waals surface area contributed by atoms with Crippen LogP contribution in [0.15, 0.2) is 54.9 Å². The van der Waals surface area contributed by atoms with E-state index < -0.39 is 11.4 Å².